The maximum Gasteiger partial charge on any atom is 0.460 e. The van der Waals surface area contributed by atoms with Crippen molar-refractivity contribution in [2.45, 2.75) is 123 Å². The number of unbranched alkanes of at least 4 members (excludes halogenated alkanes) is 5. The number of alkyl halides is 26. The Hall–Kier alpha value is -2.96. The molecule has 0 unspecified atom stereocenters. The highest BCUT2D eigenvalue weighted by atomic mass is 19.4. The first kappa shape index (κ1) is 61.0. The Morgan fingerprint density at radius 2 is 0.562 bits per heavy atom. The van der Waals surface area contributed by atoms with E-state index >= 15 is 0 Å². The minimum atomic E-state index is -8.05. The fourth-order valence-corrected chi connectivity index (χ4v) is 5.47. The highest BCUT2D eigenvalue weighted by Gasteiger charge is 2.92. The Bertz CT molecular complexity index is 1430. The zero-order valence-corrected chi connectivity index (χ0v) is 33.4. The molecule has 2 amide bonds. The predicted molar refractivity (Wildman–Crippen MR) is 168 cm³/mol. The van der Waals surface area contributed by atoms with Crippen LogP contribution < -0.4 is 10.6 Å². The van der Waals surface area contributed by atoms with Crippen molar-refractivity contribution in [3.8, 4) is 0 Å². The summed E-state index contributed by atoms with van der Waals surface area (Å²) in [5.74, 6) is -77.8. The quantitative estimate of drug-likeness (QED) is 0.0490. The number of carbonyl (C=O) groups excluding carboxylic acids is 2. The van der Waals surface area contributed by atoms with E-state index in [0.717, 1.165) is 0 Å². The molecule has 0 aromatic heterocycles. The summed E-state index contributed by atoms with van der Waals surface area (Å²) in [6.45, 7) is -4.15. The van der Waals surface area contributed by atoms with E-state index in [2.05, 4.69) is 0 Å². The van der Waals surface area contributed by atoms with Crippen LogP contribution >= 0.6 is 0 Å². The van der Waals surface area contributed by atoms with E-state index in [1.165, 1.54) is 28.2 Å². The first-order valence-corrected chi connectivity index (χ1v) is 18.0. The van der Waals surface area contributed by atoms with Gasteiger partial charge in [-0.3, -0.25) is 9.59 Å². The Labute approximate surface area is 346 Å². The topological polar surface area (TPSA) is 58.2 Å². The molecule has 0 aliphatic rings. The average molecular weight is 1010 g/mol. The van der Waals surface area contributed by atoms with Gasteiger partial charge in [-0.05, 0) is 25.7 Å². The summed E-state index contributed by atoms with van der Waals surface area (Å²) in [6, 6.07) is 0. The molecular formula is C32H42F26N4O2+2. The molecule has 64 heavy (non-hydrogen) atoms. The third kappa shape index (κ3) is 12.9. The fourth-order valence-electron chi connectivity index (χ4n) is 5.47. The largest absolute Gasteiger partial charge is 0.460 e. The molecular weight excluding hydrogens is 966 g/mol. The number of nitrogens with one attached hydrogen (secondary N) is 2. The van der Waals surface area contributed by atoms with Gasteiger partial charge < -0.3 is 19.6 Å². The maximum absolute atomic E-state index is 14.0. The highest BCUT2D eigenvalue weighted by molar-refractivity contribution is 5.77. The van der Waals surface area contributed by atoms with Gasteiger partial charge in [0.2, 0.25) is 0 Å². The molecule has 382 valence electrons. The van der Waals surface area contributed by atoms with E-state index in [-0.39, 0.29) is 22.1 Å². The highest BCUT2D eigenvalue weighted by Crippen LogP contribution is 2.62. The second-order valence-corrected chi connectivity index (χ2v) is 16.0. The molecule has 6 nitrogen and oxygen atoms in total. The molecule has 0 spiro atoms. The van der Waals surface area contributed by atoms with Crippen LogP contribution in [0.1, 0.15) is 51.4 Å². The number of nitrogens with zero attached hydrogens (tertiary/aromatic N) is 2. The molecule has 32 heteroatoms. The molecule has 0 saturated carbocycles. The van der Waals surface area contributed by atoms with Crippen LogP contribution in [0.15, 0.2) is 0 Å². The normalized spacial score (nSPS) is 15.4. The molecule has 0 heterocycles. The van der Waals surface area contributed by atoms with Gasteiger partial charge in [0, 0.05) is 25.9 Å². The lowest BCUT2D eigenvalue weighted by atomic mass is 9.92. The zero-order chi connectivity index (χ0) is 51.5. The van der Waals surface area contributed by atoms with Gasteiger partial charge >= 0.3 is 71.6 Å². The first-order chi connectivity index (χ1) is 27.9. The molecule has 0 rings (SSSR count). The molecule has 0 saturated heterocycles. The van der Waals surface area contributed by atoms with E-state index in [1.54, 1.807) is 10.6 Å². The van der Waals surface area contributed by atoms with Crippen molar-refractivity contribution < 1.29 is 133 Å². The molecule has 0 radical (unpaired) electrons. The minimum absolute atomic E-state index is 0.169. The van der Waals surface area contributed by atoms with Gasteiger partial charge in [0.1, 0.15) is 0 Å². The summed E-state index contributed by atoms with van der Waals surface area (Å²) in [6.07, 6.45) is -17.6. The standard InChI is InChI=1S/C32H40F26N4O2/c1-61(2,17-19(63)59-13-11-21(33,34)23(37,38)25(41,42)27(45,46)29(49,50)31(53,54)55)15-9-7-5-6-8-10-16-62(3,4)18-20(64)60-14-12-22(35,36)24(39,40)26(43,44)28(47,48)30(51,52)32(56,57)58/h5-18H2,1-4H3/p+2. The van der Waals surface area contributed by atoms with Crippen molar-refractivity contribution in [2.75, 3.05) is 67.5 Å². The minimum Gasteiger partial charge on any atom is -0.351 e. The molecule has 0 bridgehead atoms. The second-order valence-electron chi connectivity index (χ2n) is 16.0. The Balaban J connectivity index is 4.86. The van der Waals surface area contributed by atoms with Crippen LogP contribution in [0.2, 0.25) is 0 Å². The third-order valence-corrected chi connectivity index (χ3v) is 9.44. The number of halogens is 26. The van der Waals surface area contributed by atoms with Crippen molar-refractivity contribution in [3.63, 3.8) is 0 Å². The van der Waals surface area contributed by atoms with Crippen LogP contribution in [0.5, 0.6) is 0 Å². The Morgan fingerprint density at radius 1 is 0.344 bits per heavy atom. The number of quaternary nitrogens is 2. The zero-order valence-electron chi connectivity index (χ0n) is 33.4. The Morgan fingerprint density at radius 3 is 0.797 bits per heavy atom. The predicted octanol–water partition coefficient (Wildman–Crippen LogP) is 9.97. The van der Waals surface area contributed by atoms with E-state index in [1.807, 2.05) is 0 Å². The monoisotopic (exact) mass is 1010 g/mol. The van der Waals surface area contributed by atoms with Gasteiger partial charge in [-0.1, -0.05) is 12.8 Å². The van der Waals surface area contributed by atoms with Gasteiger partial charge in [-0.25, -0.2) is 0 Å². The van der Waals surface area contributed by atoms with E-state index in [0.29, 0.717) is 38.5 Å². The SMILES string of the molecule is C[N+](C)(CCCCCCCC[N+](C)(C)CC(=O)NCCC(F)(F)C(F)(F)C(F)(F)C(F)(F)C(F)(F)C(F)(F)F)CC(=O)NCCC(F)(F)C(F)(F)C(F)(F)C(F)(F)C(F)(F)C(F)(F)F. The van der Waals surface area contributed by atoms with Gasteiger partial charge in [0.05, 0.1) is 41.3 Å². The molecule has 0 fully saturated rings. The van der Waals surface area contributed by atoms with Crippen LogP contribution in [0.3, 0.4) is 0 Å². The first-order valence-electron chi connectivity index (χ1n) is 18.0. The van der Waals surface area contributed by atoms with E-state index in [9.17, 15) is 124 Å². The molecule has 0 aliphatic carbocycles. The van der Waals surface area contributed by atoms with Gasteiger partial charge in [-0.15, -0.1) is 0 Å². The van der Waals surface area contributed by atoms with Gasteiger partial charge in [0.15, 0.2) is 13.1 Å². The van der Waals surface area contributed by atoms with Crippen molar-refractivity contribution >= 4 is 11.8 Å². The lowest BCUT2D eigenvalue weighted by molar-refractivity contribution is -0.882. The number of hydrogen-bond acceptors (Lipinski definition) is 2. The van der Waals surface area contributed by atoms with Gasteiger partial charge in [0.25, 0.3) is 11.8 Å². The van der Waals surface area contributed by atoms with Gasteiger partial charge in [-0.2, -0.15) is 114 Å². The van der Waals surface area contributed by atoms with Crippen molar-refractivity contribution in [3.05, 3.63) is 0 Å². The molecule has 2 N–H and O–H groups in total. The number of rotatable bonds is 27. The number of likely N-dealkylation sites (N-methyl/N-ethyl adjacent to an activating group) is 2. The van der Waals surface area contributed by atoms with E-state index < -0.39 is 122 Å². The second kappa shape index (κ2) is 19.7. The molecule has 0 aromatic rings. The summed E-state index contributed by atoms with van der Waals surface area (Å²) in [4.78, 5) is 24.3. The van der Waals surface area contributed by atoms with Crippen LogP contribution in [-0.4, -0.2) is 160 Å². The summed E-state index contributed by atoms with van der Waals surface area (Å²) in [5, 5.41) is 3.18. The smallest absolute Gasteiger partial charge is 0.351 e. The summed E-state index contributed by atoms with van der Waals surface area (Å²) < 4.78 is 344. The summed E-state index contributed by atoms with van der Waals surface area (Å²) in [7, 11) is 5.59. The van der Waals surface area contributed by atoms with Crippen LogP contribution in [-0.2, 0) is 9.59 Å². The molecule has 0 atom stereocenters. The van der Waals surface area contributed by atoms with Crippen LogP contribution in [0.4, 0.5) is 114 Å². The maximum atomic E-state index is 14.0. The molecule has 0 aliphatic heterocycles. The van der Waals surface area contributed by atoms with E-state index in [4.69, 9.17) is 0 Å². The number of hydrogen-bond donors (Lipinski definition) is 2. The average Bonchev–Trinajstić information content (AvgIpc) is 3.06. The summed E-state index contributed by atoms with van der Waals surface area (Å²) >= 11 is 0. The fraction of sp³-hybridized carbons (Fsp3) is 0.938. The van der Waals surface area contributed by atoms with Crippen molar-refractivity contribution in [1.82, 2.24) is 10.6 Å². The van der Waals surface area contributed by atoms with Crippen molar-refractivity contribution in [1.29, 1.82) is 0 Å². The molecule has 0 aromatic carbocycles. The lowest BCUT2D eigenvalue weighted by Crippen LogP contribution is -2.70. The van der Waals surface area contributed by atoms with Crippen molar-refractivity contribution in [2.24, 2.45) is 0 Å². The number of amides is 2. The lowest BCUT2D eigenvalue weighted by Gasteiger charge is -2.39. The summed E-state index contributed by atoms with van der Waals surface area (Å²) in [5.41, 5.74) is 0. The number of carbonyl (C=O) groups is 2. The third-order valence-electron chi connectivity index (χ3n) is 9.44. The Kier molecular flexibility index (Phi) is 18.8. The van der Waals surface area contributed by atoms with Crippen LogP contribution in [0.25, 0.3) is 0 Å². The van der Waals surface area contributed by atoms with Crippen LogP contribution in [0, 0.1) is 0 Å².